The first kappa shape index (κ1) is 26.8. The topological polar surface area (TPSA) is 220 Å². The second-order valence-electron chi connectivity index (χ2n) is 7.94. The highest BCUT2D eigenvalue weighted by Gasteiger charge is 2.57. The molecule has 3 amide bonds. The van der Waals surface area contributed by atoms with Gasteiger partial charge in [-0.3, -0.25) is 19.2 Å². The molecule has 19 heteroatoms. The minimum atomic E-state index is -1.21. The molecular weight excluding hydrogens is 548 g/mol. The number of carbonyl (C=O) groups excluding carboxylic acids is 3. The first-order chi connectivity index (χ1) is 17.8. The Morgan fingerprint density at radius 3 is 2.97 bits per heavy atom. The van der Waals surface area contributed by atoms with E-state index in [1.54, 1.807) is 7.05 Å². The first-order valence-electron chi connectivity index (χ1n) is 10.7. The van der Waals surface area contributed by atoms with E-state index in [1.807, 2.05) is 0 Å². The van der Waals surface area contributed by atoms with Gasteiger partial charge in [-0.25, -0.2) is 9.67 Å². The zero-order valence-corrected chi connectivity index (χ0v) is 21.7. The van der Waals surface area contributed by atoms with Crippen molar-refractivity contribution in [3.05, 3.63) is 11.1 Å². The lowest BCUT2D eigenvalue weighted by Crippen LogP contribution is -2.74. The van der Waals surface area contributed by atoms with Crippen LogP contribution in [0.4, 0.5) is 5.13 Å². The van der Waals surface area contributed by atoms with E-state index in [2.05, 4.69) is 36.3 Å². The average molecular weight is 571 g/mol. The number of fused-ring (bicyclic) bond motifs is 1. The lowest BCUT2D eigenvalue weighted by Gasteiger charge is -2.53. The summed E-state index contributed by atoms with van der Waals surface area (Å²) in [5, 5.41) is 31.8. The summed E-state index contributed by atoms with van der Waals surface area (Å²) in [6.07, 6.45) is 0.451. The SMILES string of the molecule is Cn1nnnc1SCC1(C(=O)O)CS[C@@H]2C(NC(=O)C(=NOCCN)c3csc(NC=O)n3)C(=O)N2C1. The van der Waals surface area contributed by atoms with Crippen LogP contribution in [0, 0.1) is 5.41 Å². The maximum Gasteiger partial charge on any atom is 0.313 e. The number of anilines is 1. The Bertz CT molecular complexity index is 1220. The number of β-lactam (4-membered cyclic amide) rings is 1. The zero-order chi connectivity index (χ0) is 26.6. The van der Waals surface area contributed by atoms with Gasteiger partial charge in [0.25, 0.3) is 5.91 Å². The second kappa shape index (κ2) is 11.4. The van der Waals surface area contributed by atoms with Gasteiger partial charge in [-0.1, -0.05) is 16.9 Å². The first-order valence-corrected chi connectivity index (χ1v) is 13.6. The third kappa shape index (κ3) is 5.53. The number of nitrogens with one attached hydrogen (secondary N) is 2. The Labute approximate surface area is 221 Å². The summed E-state index contributed by atoms with van der Waals surface area (Å²) in [6, 6.07) is -0.884. The molecule has 2 unspecified atom stereocenters. The molecule has 2 aliphatic rings. The van der Waals surface area contributed by atoms with Gasteiger partial charge in [0.15, 0.2) is 10.8 Å². The van der Waals surface area contributed by atoms with E-state index in [9.17, 15) is 24.3 Å². The lowest BCUT2D eigenvalue weighted by atomic mass is 9.89. The molecule has 4 heterocycles. The second-order valence-corrected chi connectivity index (χ2v) is 10.8. The molecule has 0 aromatic carbocycles. The summed E-state index contributed by atoms with van der Waals surface area (Å²) in [5.41, 5.74) is 4.15. The molecule has 2 aliphatic heterocycles. The molecular formula is C18H22N10O6S3. The predicted molar refractivity (Wildman–Crippen MR) is 133 cm³/mol. The van der Waals surface area contributed by atoms with E-state index in [1.165, 1.54) is 38.5 Å². The van der Waals surface area contributed by atoms with Crippen LogP contribution in [-0.4, -0.2) is 108 Å². The molecule has 2 aromatic rings. The van der Waals surface area contributed by atoms with E-state index in [0.29, 0.717) is 11.6 Å². The Kier molecular flexibility index (Phi) is 8.25. The van der Waals surface area contributed by atoms with Crippen molar-refractivity contribution in [1.29, 1.82) is 0 Å². The molecule has 5 N–H and O–H groups in total. The van der Waals surface area contributed by atoms with Crippen molar-refractivity contribution >= 4 is 69.9 Å². The average Bonchev–Trinajstić information content (AvgIpc) is 3.52. The lowest BCUT2D eigenvalue weighted by molar-refractivity contribution is -0.157. The number of amides is 3. The minimum Gasteiger partial charge on any atom is -0.481 e. The monoisotopic (exact) mass is 570 g/mol. The number of carboxylic acids is 1. The van der Waals surface area contributed by atoms with Crippen molar-refractivity contribution in [3.63, 3.8) is 0 Å². The standard InChI is InChI=1S/C18H22N10O6S3/c1-27-17(23-25-26-27)37-7-18(15(32)33)5-28-13(31)11(14(28)36-6-18)22-12(30)10(24-34-3-2-19)9-4-35-16(21-9)20-8-29/h4,8,11,14H,2-3,5-7,19H2,1H3,(H,22,30)(H,32,33)(H,20,21,29)/t11?,14-,18?/m1/s1. The summed E-state index contributed by atoms with van der Waals surface area (Å²) in [5.74, 6) is -1.78. The van der Waals surface area contributed by atoms with E-state index in [-0.39, 0.29) is 47.7 Å². The van der Waals surface area contributed by atoms with Crippen LogP contribution < -0.4 is 16.4 Å². The van der Waals surface area contributed by atoms with Crippen LogP contribution in [0.15, 0.2) is 15.7 Å². The van der Waals surface area contributed by atoms with Gasteiger partial charge in [-0.15, -0.1) is 28.2 Å². The smallest absolute Gasteiger partial charge is 0.313 e. The molecule has 0 spiro atoms. The third-order valence-corrected chi connectivity index (χ3v) is 9.12. The van der Waals surface area contributed by atoms with Crippen molar-refractivity contribution in [1.82, 2.24) is 35.4 Å². The number of carbonyl (C=O) groups is 4. The third-order valence-electron chi connectivity index (χ3n) is 5.45. The maximum absolute atomic E-state index is 13.1. The number of oxime groups is 1. The number of aromatic nitrogens is 5. The summed E-state index contributed by atoms with van der Waals surface area (Å²) >= 11 is 3.55. The number of nitrogens with two attached hydrogens (primary N) is 1. The molecule has 4 rings (SSSR count). The molecule has 0 radical (unpaired) electrons. The normalized spacial score (nSPS) is 23.1. The molecule has 16 nitrogen and oxygen atoms in total. The van der Waals surface area contributed by atoms with Crippen molar-refractivity contribution in [3.8, 4) is 0 Å². The van der Waals surface area contributed by atoms with Gasteiger partial charge in [-0.2, -0.15) is 0 Å². The highest BCUT2D eigenvalue weighted by atomic mass is 32.2. The van der Waals surface area contributed by atoms with E-state index < -0.39 is 34.6 Å². The Morgan fingerprint density at radius 2 is 2.30 bits per heavy atom. The van der Waals surface area contributed by atoms with Crippen LogP contribution in [0.2, 0.25) is 0 Å². The van der Waals surface area contributed by atoms with Crippen molar-refractivity contribution in [2.75, 3.05) is 36.5 Å². The Morgan fingerprint density at radius 1 is 1.49 bits per heavy atom. The molecule has 2 fully saturated rings. The van der Waals surface area contributed by atoms with Crippen molar-refractivity contribution < 1.29 is 29.1 Å². The van der Waals surface area contributed by atoms with E-state index in [0.717, 1.165) is 11.3 Å². The quantitative estimate of drug-likeness (QED) is 0.0552. The van der Waals surface area contributed by atoms with Gasteiger partial charge >= 0.3 is 5.97 Å². The highest BCUT2D eigenvalue weighted by Crippen LogP contribution is 2.44. The Balaban J connectivity index is 1.43. The minimum absolute atomic E-state index is 0.0170. The van der Waals surface area contributed by atoms with Crippen LogP contribution >= 0.6 is 34.9 Å². The number of hydrogen-bond acceptors (Lipinski definition) is 14. The molecule has 0 saturated carbocycles. The molecule has 2 saturated heterocycles. The fourth-order valence-electron chi connectivity index (χ4n) is 3.53. The summed E-state index contributed by atoms with van der Waals surface area (Å²) < 4.78 is 1.44. The summed E-state index contributed by atoms with van der Waals surface area (Å²) in [6.45, 7) is 0.199. The van der Waals surface area contributed by atoms with E-state index >= 15 is 0 Å². The van der Waals surface area contributed by atoms with Crippen LogP contribution in [-0.2, 0) is 31.1 Å². The summed E-state index contributed by atoms with van der Waals surface area (Å²) in [4.78, 5) is 59.5. The van der Waals surface area contributed by atoms with Gasteiger partial charge in [-0.05, 0) is 10.4 Å². The Hall–Kier alpha value is -3.29. The molecule has 37 heavy (non-hydrogen) atoms. The molecule has 0 bridgehead atoms. The number of aryl methyl sites for hydroxylation is 1. The molecule has 198 valence electrons. The van der Waals surface area contributed by atoms with Crippen molar-refractivity contribution in [2.45, 2.75) is 16.6 Å². The van der Waals surface area contributed by atoms with Gasteiger partial charge in [0.05, 0.1) is 0 Å². The predicted octanol–water partition coefficient (Wildman–Crippen LogP) is -1.82. The maximum atomic E-state index is 13.1. The number of thioether (sulfide) groups is 2. The van der Waals surface area contributed by atoms with Gasteiger partial charge in [0.1, 0.15) is 29.1 Å². The number of thiazole rings is 1. The number of nitrogens with zero attached hydrogens (tertiary/aromatic N) is 7. The van der Waals surface area contributed by atoms with Crippen LogP contribution in [0.25, 0.3) is 0 Å². The fourth-order valence-corrected chi connectivity index (χ4v) is 6.89. The number of rotatable bonds is 12. The van der Waals surface area contributed by atoms with Gasteiger partial charge in [0, 0.05) is 37.0 Å². The zero-order valence-electron chi connectivity index (χ0n) is 19.3. The van der Waals surface area contributed by atoms with E-state index in [4.69, 9.17) is 10.6 Å². The van der Waals surface area contributed by atoms with Gasteiger partial charge in [0.2, 0.25) is 17.5 Å². The largest absolute Gasteiger partial charge is 0.481 e. The van der Waals surface area contributed by atoms with Crippen LogP contribution in [0.1, 0.15) is 5.69 Å². The highest BCUT2D eigenvalue weighted by molar-refractivity contribution is 8.00. The summed E-state index contributed by atoms with van der Waals surface area (Å²) in [7, 11) is 1.65. The van der Waals surface area contributed by atoms with Gasteiger partial charge < -0.3 is 31.2 Å². The molecule has 0 aliphatic carbocycles. The molecule has 2 aromatic heterocycles. The number of carboxylic acid groups (broad SMARTS) is 1. The molecule has 3 atom stereocenters. The fraction of sp³-hybridized carbons (Fsp3) is 0.500. The number of aliphatic carboxylic acids is 1. The van der Waals surface area contributed by atoms with Crippen LogP contribution in [0.5, 0.6) is 0 Å². The van der Waals surface area contributed by atoms with Crippen molar-refractivity contribution in [2.24, 2.45) is 23.4 Å². The number of hydrogen-bond donors (Lipinski definition) is 4. The van der Waals surface area contributed by atoms with Crippen LogP contribution in [0.3, 0.4) is 0 Å². The number of tetrazole rings is 1.